The second-order valence-electron chi connectivity index (χ2n) is 6.62. The van der Waals surface area contributed by atoms with Crippen LogP contribution >= 0.6 is 23.2 Å². The maximum atomic E-state index is 14.0. The molecule has 1 aliphatic rings. The highest BCUT2D eigenvalue weighted by Crippen LogP contribution is 2.49. The van der Waals surface area contributed by atoms with E-state index in [0.29, 0.717) is 16.8 Å². The van der Waals surface area contributed by atoms with Gasteiger partial charge in [0.05, 0.1) is 11.4 Å². The number of anilines is 1. The van der Waals surface area contributed by atoms with Crippen molar-refractivity contribution in [2.75, 3.05) is 5.43 Å². The van der Waals surface area contributed by atoms with Gasteiger partial charge in [-0.25, -0.2) is 0 Å². The largest absolute Gasteiger partial charge is 0.435 e. The van der Waals surface area contributed by atoms with Crippen LogP contribution < -0.4 is 10.9 Å². The Morgan fingerprint density at radius 2 is 1.83 bits per heavy atom. The zero-order chi connectivity index (χ0) is 21.4. The molecule has 154 valence electrons. The first-order chi connectivity index (χ1) is 13.5. The van der Waals surface area contributed by atoms with Gasteiger partial charge in [-0.1, -0.05) is 34.4 Å². The number of hydrogen-bond donors (Lipinski definition) is 2. The summed E-state index contributed by atoms with van der Waals surface area (Å²) in [5, 5.41) is 3.86. The molecule has 0 aliphatic carbocycles. The number of alkyl halides is 3. The first kappa shape index (κ1) is 21.3. The molecule has 0 radical (unpaired) electrons. The fourth-order valence-corrected chi connectivity index (χ4v) is 3.51. The summed E-state index contributed by atoms with van der Waals surface area (Å²) in [6.07, 6.45) is -5.29. The lowest BCUT2D eigenvalue weighted by Crippen LogP contribution is -2.42. The average Bonchev–Trinajstić information content (AvgIpc) is 3.06. The number of nitrogens with zero attached hydrogens (tertiary/aromatic N) is 1. The topological polar surface area (TPSA) is 62.7 Å². The van der Waals surface area contributed by atoms with E-state index >= 15 is 0 Å². The standard InChI is InChI=1S/C19H16Cl2F3N3O2/c1-10-5-12(3-4-16(10)26-25-11(2)28)17-9-18(29-27-17,19(22,23)24)13-6-14(20)8-15(21)7-13/h3-8,26H,9H2,1-2H3,(H,25,28). The third kappa shape index (κ3) is 4.28. The molecule has 0 saturated heterocycles. The Hall–Kier alpha value is -2.45. The van der Waals surface area contributed by atoms with Gasteiger partial charge >= 0.3 is 6.18 Å². The van der Waals surface area contributed by atoms with E-state index in [1.807, 2.05) is 0 Å². The smallest absolute Gasteiger partial charge is 0.374 e. The summed E-state index contributed by atoms with van der Waals surface area (Å²) < 4.78 is 42.1. The molecule has 2 N–H and O–H groups in total. The van der Waals surface area contributed by atoms with Crippen LogP contribution in [0, 0.1) is 6.92 Å². The van der Waals surface area contributed by atoms with Crippen LogP contribution in [0.5, 0.6) is 0 Å². The number of nitrogens with one attached hydrogen (secondary N) is 2. The van der Waals surface area contributed by atoms with Gasteiger partial charge in [-0.2, -0.15) is 13.2 Å². The molecule has 0 bridgehead atoms. The number of aryl methyl sites for hydroxylation is 1. The molecule has 0 saturated carbocycles. The highest BCUT2D eigenvalue weighted by molar-refractivity contribution is 6.34. The van der Waals surface area contributed by atoms with E-state index < -0.39 is 18.2 Å². The van der Waals surface area contributed by atoms with Gasteiger partial charge in [-0.15, -0.1) is 0 Å². The molecular formula is C19H16Cl2F3N3O2. The van der Waals surface area contributed by atoms with Crippen LogP contribution in [-0.4, -0.2) is 17.8 Å². The normalized spacial score (nSPS) is 18.8. The third-order valence-corrected chi connectivity index (χ3v) is 4.88. The Balaban J connectivity index is 1.93. The highest BCUT2D eigenvalue weighted by Gasteiger charge is 2.62. The summed E-state index contributed by atoms with van der Waals surface area (Å²) in [5.74, 6) is -0.280. The van der Waals surface area contributed by atoms with E-state index in [1.165, 1.54) is 25.1 Å². The molecule has 0 fully saturated rings. The Kier molecular flexibility index (Phi) is 5.69. The molecule has 1 aliphatic heterocycles. The molecule has 0 spiro atoms. The molecule has 1 unspecified atom stereocenters. The molecule has 2 aromatic carbocycles. The van der Waals surface area contributed by atoms with Gasteiger partial charge in [0, 0.05) is 29.0 Å². The van der Waals surface area contributed by atoms with Gasteiger partial charge in [0.1, 0.15) is 0 Å². The molecule has 3 rings (SSSR count). The number of amides is 1. The van der Waals surface area contributed by atoms with Crippen molar-refractivity contribution >= 4 is 40.5 Å². The van der Waals surface area contributed by atoms with Gasteiger partial charge < -0.3 is 4.84 Å². The van der Waals surface area contributed by atoms with Gasteiger partial charge in [-0.05, 0) is 48.4 Å². The van der Waals surface area contributed by atoms with Gasteiger partial charge in [0.25, 0.3) is 5.60 Å². The van der Waals surface area contributed by atoms with E-state index in [1.54, 1.807) is 25.1 Å². The number of benzene rings is 2. The first-order valence-electron chi connectivity index (χ1n) is 8.44. The fraction of sp³-hybridized carbons (Fsp3) is 0.263. The molecule has 29 heavy (non-hydrogen) atoms. The number of rotatable bonds is 4. The van der Waals surface area contributed by atoms with Crippen LogP contribution in [0.3, 0.4) is 0 Å². The van der Waals surface area contributed by atoms with E-state index in [-0.39, 0.29) is 27.2 Å². The Morgan fingerprint density at radius 3 is 2.38 bits per heavy atom. The minimum Gasteiger partial charge on any atom is -0.374 e. The van der Waals surface area contributed by atoms with Crippen LogP contribution in [0.25, 0.3) is 0 Å². The lowest BCUT2D eigenvalue weighted by atomic mass is 9.86. The third-order valence-electron chi connectivity index (χ3n) is 4.45. The predicted molar refractivity (Wildman–Crippen MR) is 105 cm³/mol. The number of hydrazine groups is 1. The predicted octanol–water partition coefficient (Wildman–Crippen LogP) is 5.35. The monoisotopic (exact) mass is 445 g/mol. The number of hydrogen-bond acceptors (Lipinski definition) is 4. The van der Waals surface area contributed by atoms with Crippen LogP contribution in [0.15, 0.2) is 41.6 Å². The molecule has 1 heterocycles. The van der Waals surface area contributed by atoms with Crippen molar-refractivity contribution in [2.45, 2.75) is 32.0 Å². The molecule has 0 aromatic heterocycles. The molecule has 10 heteroatoms. The minimum absolute atomic E-state index is 0.0671. The zero-order valence-corrected chi connectivity index (χ0v) is 16.8. The summed E-state index contributed by atoms with van der Waals surface area (Å²) in [7, 11) is 0. The quantitative estimate of drug-likeness (QED) is 0.623. The Morgan fingerprint density at radius 1 is 1.17 bits per heavy atom. The van der Waals surface area contributed by atoms with Gasteiger partial charge in [-0.3, -0.25) is 15.6 Å². The van der Waals surface area contributed by atoms with E-state index in [9.17, 15) is 18.0 Å². The second-order valence-corrected chi connectivity index (χ2v) is 7.50. The molecular weight excluding hydrogens is 430 g/mol. The van der Waals surface area contributed by atoms with Crippen molar-refractivity contribution in [3.05, 3.63) is 63.1 Å². The van der Waals surface area contributed by atoms with Crippen molar-refractivity contribution in [3.63, 3.8) is 0 Å². The lowest BCUT2D eigenvalue weighted by Gasteiger charge is -2.29. The van der Waals surface area contributed by atoms with Gasteiger partial charge in [0.2, 0.25) is 5.91 Å². The van der Waals surface area contributed by atoms with E-state index in [4.69, 9.17) is 28.0 Å². The molecule has 1 atom stereocenters. The van der Waals surface area contributed by atoms with Gasteiger partial charge in [0.15, 0.2) is 0 Å². The van der Waals surface area contributed by atoms with E-state index in [2.05, 4.69) is 16.0 Å². The van der Waals surface area contributed by atoms with Crippen LogP contribution in [0.4, 0.5) is 18.9 Å². The average molecular weight is 446 g/mol. The Bertz CT molecular complexity index is 975. The summed E-state index contributed by atoms with van der Waals surface area (Å²) in [6, 6.07) is 8.57. The van der Waals surface area contributed by atoms with Crippen molar-refractivity contribution in [1.29, 1.82) is 0 Å². The highest BCUT2D eigenvalue weighted by atomic mass is 35.5. The maximum Gasteiger partial charge on any atom is 0.435 e. The number of carbonyl (C=O) groups excluding carboxylic acids is 1. The summed E-state index contributed by atoms with van der Waals surface area (Å²) in [5.41, 5.74) is 4.17. The van der Waals surface area contributed by atoms with Crippen molar-refractivity contribution in [2.24, 2.45) is 5.16 Å². The number of halogens is 5. The Labute approximate surface area is 174 Å². The molecule has 5 nitrogen and oxygen atoms in total. The van der Waals surface area contributed by atoms with Crippen molar-refractivity contribution in [3.8, 4) is 0 Å². The van der Waals surface area contributed by atoms with Crippen LogP contribution in [0.2, 0.25) is 10.0 Å². The molecule has 1 amide bonds. The minimum atomic E-state index is -4.76. The lowest BCUT2D eigenvalue weighted by molar-refractivity contribution is -0.275. The van der Waals surface area contributed by atoms with Crippen LogP contribution in [-0.2, 0) is 15.2 Å². The number of oxime groups is 1. The van der Waals surface area contributed by atoms with Crippen molar-refractivity contribution in [1.82, 2.24) is 5.43 Å². The first-order valence-corrected chi connectivity index (χ1v) is 9.19. The summed E-state index contributed by atoms with van der Waals surface area (Å²) in [6.45, 7) is 3.10. The summed E-state index contributed by atoms with van der Waals surface area (Å²) >= 11 is 11.8. The van der Waals surface area contributed by atoms with Crippen LogP contribution in [0.1, 0.15) is 30.0 Å². The SMILES string of the molecule is CC(=O)NNc1ccc(C2=NOC(c3cc(Cl)cc(Cl)c3)(C(F)(F)F)C2)cc1C. The van der Waals surface area contributed by atoms with Crippen molar-refractivity contribution < 1.29 is 22.8 Å². The van der Waals surface area contributed by atoms with E-state index in [0.717, 1.165) is 0 Å². The number of carbonyl (C=O) groups is 1. The summed E-state index contributed by atoms with van der Waals surface area (Å²) in [4.78, 5) is 16.0. The maximum absolute atomic E-state index is 14.0. The fourth-order valence-electron chi connectivity index (χ4n) is 2.98. The second kappa shape index (κ2) is 7.76. The zero-order valence-electron chi connectivity index (χ0n) is 15.3. The molecule has 2 aromatic rings.